The van der Waals surface area contributed by atoms with Crippen LogP contribution in [0.4, 0.5) is 0 Å². The van der Waals surface area contributed by atoms with Crippen molar-refractivity contribution < 1.29 is 0 Å². The van der Waals surface area contributed by atoms with E-state index in [4.69, 9.17) is 0 Å². The average Bonchev–Trinajstić information content (AvgIpc) is 3.30. The van der Waals surface area contributed by atoms with Crippen molar-refractivity contribution in [2.24, 2.45) is 0 Å². The molecule has 0 spiro atoms. The Hall–Kier alpha value is -3.32. The minimum absolute atomic E-state index is 0.0432. The normalized spacial score (nSPS) is 14.5. The number of hydrogen-bond acceptors (Lipinski definition) is 0. The van der Waals surface area contributed by atoms with E-state index in [1.807, 2.05) is 0 Å². The van der Waals surface area contributed by atoms with Gasteiger partial charge < -0.3 is 4.98 Å². The molecular formula is C33H33N. The van der Waals surface area contributed by atoms with Gasteiger partial charge >= 0.3 is 0 Å². The quantitative estimate of drug-likeness (QED) is 0.280. The van der Waals surface area contributed by atoms with Crippen LogP contribution in [0, 0.1) is 0 Å². The summed E-state index contributed by atoms with van der Waals surface area (Å²) in [7, 11) is 0. The summed E-state index contributed by atoms with van der Waals surface area (Å²) < 4.78 is 0. The highest BCUT2D eigenvalue weighted by molar-refractivity contribution is 6.16. The van der Waals surface area contributed by atoms with Crippen LogP contribution in [-0.2, 0) is 17.3 Å². The molecule has 1 N–H and O–H groups in total. The first-order valence-corrected chi connectivity index (χ1v) is 12.5. The van der Waals surface area contributed by atoms with Crippen molar-refractivity contribution in [3.05, 3.63) is 95.1 Å². The molecule has 0 fully saturated rings. The lowest BCUT2D eigenvalue weighted by atomic mass is 9.78. The van der Waals surface area contributed by atoms with Crippen molar-refractivity contribution in [3.8, 4) is 22.3 Å². The molecule has 1 aromatic heterocycles. The molecule has 0 saturated heterocycles. The van der Waals surface area contributed by atoms with E-state index < -0.39 is 0 Å². The van der Waals surface area contributed by atoms with Crippen molar-refractivity contribution in [3.63, 3.8) is 0 Å². The monoisotopic (exact) mass is 443 g/mol. The molecule has 0 atom stereocenters. The highest BCUT2D eigenvalue weighted by Gasteiger charge is 2.37. The van der Waals surface area contributed by atoms with Crippen LogP contribution in [0.25, 0.3) is 44.1 Å². The molecule has 1 nitrogen and oxygen atoms in total. The van der Waals surface area contributed by atoms with Gasteiger partial charge in [0.25, 0.3) is 0 Å². The van der Waals surface area contributed by atoms with Crippen LogP contribution in [0.1, 0.15) is 63.8 Å². The Kier molecular flexibility index (Phi) is 4.43. The molecule has 0 radical (unpaired) electrons. The van der Waals surface area contributed by atoms with E-state index in [9.17, 15) is 0 Å². The second-order valence-corrected chi connectivity index (χ2v) is 11.5. The summed E-state index contributed by atoms with van der Waals surface area (Å²) >= 11 is 0. The van der Waals surface area contributed by atoms with Gasteiger partial charge in [-0.25, -0.2) is 0 Å². The maximum absolute atomic E-state index is 3.64. The van der Waals surface area contributed by atoms with E-state index >= 15 is 0 Å². The lowest BCUT2D eigenvalue weighted by molar-refractivity contribution is 0.591. The second kappa shape index (κ2) is 7.09. The molecule has 0 unspecified atom stereocenters. The minimum atomic E-state index is -0.0432. The predicted octanol–water partition coefficient (Wildman–Crippen LogP) is 9.15. The van der Waals surface area contributed by atoms with Gasteiger partial charge in [0.15, 0.2) is 0 Å². The standard InChI is InChI=1S/C33H33N/c1-7-20-12-14-22(26(18-20)32(2,3)4)21-13-15-23-27(19-21)33(5,6)25-16-17-29-31(30(23)25)24-10-8-9-11-28(24)34-29/h8-19,34H,7H2,1-6H3. The molecule has 34 heavy (non-hydrogen) atoms. The minimum Gasteiger partial charge on any atom is -0.354 e. The number of benzene rings is 4. The summed E-state index contributed by atoms with van der Waals surface area (Å²) in [4.78, 5) is 3.64. The largest absolute Gasteiger partial charge is 0.354 e. The third kappa shape index (κ3) is 2.92. The van der Waals surface area contributed by atoms with Crippen LogP contribution < -0.4 is 0 Å². The average molecular weight is 444 g/mol. The summed E-state index contributed by atoms with van der Waals surface area (Å²) in [5, 5.41) is 2.67. The van der Waals surface area contributed by atoms with E-state index in [0.717, 1.165) is 6.42 Å². The van der Waals surface area contributed by atoms with Gasteiger partial charge in [0, 0.05) is 27.2 Å². The number of aromatic amines is 1. The van der Waals surface area contributed by atoms with E-state index in [2.05, 4.69) is 119 Å². The Morgan fingerprint density at radius 1 is 0.765 bits per heavy atom. The number of aromatic nitrogens is 1. The van der Waals surface area contributed by atoms with Crippen LogP contribution in [-0.4, -0.2) is 4.98 Å². The zero-order chi connectivity index (χ0) is 23.8. The Labute approximate surface area is 202 Å². The molecule has 0 bridgehead atoms. The molecule has 1 heteroatoms. The summed E-state index contributed by atoms with van der Waals surface area (Å²) in [5.41, 5.74) is 13.6. The van der Waals surface area contributed by atoms with Gasteiger partial charge in [-0.1, -0.05) is 96.1 Å². The maximum Gasteiger partial charge on any atom is 0.0471 e. The van der Waals surface area contributed by atoms with Crippen molar-refractivity contribution in [1.29, 1.82) is 0 Å². The fourth-order valence-corrected chi connectivity index (χ4v) is 6.02. The number of nitrogens with one attached hydrogen (secondary N) is 1. The Bertz CT molecular complexity index is 1590. The number of rotatable bonds is 2. The molecule has 1 aliphatic rings. The van der Waals surface area contributed by atoms with Crippen LogP contribution >= 0.6 is 0 Å². The fraction of sp³-hybridized carbons (Fsp3) is 0.273. The van der Waals surface area contributed by atoms with E-state index in [0.29, 0.717) is 0 Å². The van der Waals surface area contributed by atoms with Crippen molar-refractivity contribution in [2.45, 2.75) is 58.8 Å². The van der Waals surface area contributed by atoms with Gasteiger partial charge in [-0.3, -0.25) is 0 Å². The number of aryl methyl sites for hydroxylation is 1. The third-order valence-corrected chi connectivity index (χ3v) is 7.92. The van der Waals surface area contributed by atoms with Gasteiger partial charge in [-0.15, -0.1) is 0 Å². The second-order valence-electron chi connectivity index (χ2n) is 11.5. The lowest BCUT2D eigenvalue weighted by Crippen LogP contribution is -2.15. The molecule has 170 valence electrons. The highest BCUT2D eigenvalue weighted by Crippen LogP contribution is 2.53. The summed E-state index contributed by atoms with van der Waals surface area (Å²) in [6.07, 6.45) is 1.07. The molecule has 0 aliphatic heterocycles. The van der Waals surface area contributed by atoms with E-state index in [1.165, 1.54) is 66.3 Å². The Morgan fingerprint density at radius 2 is 1.53 bits per heavy atom. The first-order valence-electron chi connectivity index (χ1n) is 12.5. The zero-order valence-electron chi connectivity index (χ0n) is 21.1. The molecule has 0 saturated carbocycles. The van der Waals surface area contributed by atoms with Gasteiger partial charge in [0.1, 0.15) is 0 Å². The molecule has 5 aromatic rings. The molecule has 6 rings (SSSR count). The summed E-state index contributed by atoms with van der Waals surface area (Å²) in [6, 6.07) is 27.5. The first-order chi connectivity index (χ1) is 16.2. The van der Waals surface area contributed by atoms with E-state index in [-0.39, 0.29) is 10.8 Å². The van der Waals surface area contributed by atoms with Crippen molar-refractivity contribution >= 4 is 21.8 Å². The summed E-state index contributed by atoms with van der Waals surface area (Å²) in [6.45, 7) is 14.0. The van der Waals surface area contributed by atoms with Gasteiger partial charge in [0.2, 0.25) is 0 Å². The molecule has 1 aliphatic carbocycles. The first kappa shape index (κ1) is 21.2. The number of H-pyrrole nitrogens is 1. The zero-order valence-corrected chi connectivity index (χ0v) is 21.1. The number of hydrogen-bond donors (Lipinski definition) is 1. The van der Waals surface area contributed by atoms with Crippen LogP contribution in [0.2, 0.25) is 0 Å². The third-order valence-electron chi connectivity index (χ3n) is 7.92. The van der Waals surface area contributed by atoms with Crippen LogP contribution in [0.15, 0.2) is 72.8 Å². The molecule has 1 heterocycles. The SMILES string of the molecule is CCc1ccc(-c2ccc3c(c2)C(C)(C)c2ccc4[nH]c5ccccc5c4c2-3)c(C(C)(C)C)c1. The topological polar surface area (TPSA) is 15.8 Å². The number of para-hydroxylation sites is 1. The van der Waals surface area contributed by atoms with Gasteiger partial charge in [-0.2, -0.15) is 0 Å². The smallest absolute Gasteiger partial charge is 0.0471 e. The number of fused-ring (bicyclic) bond motifs is 7. The van der Waals surface area contributed by atoms with Gasteiger partial charge in [-0.05, 0) is 74.5 Å². The Morgan fingerprint density at radius 3 is 2.29 bits per heavy atom. The van der Waals surface area contributed by atoms with E-state index in [1.54, 1.807) is 0 Å². The maximum atomic E-state index is 3.64. The summed E-state index contributed by atoms with van der Waals surface area (Å²) in [5.74, 6) is 0. The van der Waals surface area contributed by atoms with Crippen molar-refractivity contribution in [2.75, 3.05) is 0 Å². The Balaban J connectivity index is 1.61. The van der Waals surface area contributed by atoms with Gasteiger partial charge in [0.05, 0.1) is 0 Å². The fourth-order valence-electron chi connectivity index (χ4n) is 6.02. The van der Waals surface area contributed by atoms with Crippen molar-refractivity contribution in [1.82, 2.24) is 4.98 Å². The predicted molar refractivity (Wildman–Crippen MR) is 147 cm³/mol. The molecule has 0 amide bonds. The van der Waals surface area contributed by atoms with Crippen LogP contribution in [0.5, 0.6) is 0 Å². The molecular weight excluding hydrogens is 410 g/mol. The lowest BCUT2D eigenvalue weighted by Gasteiger charge is -2.26. The van der Waals surface area contributed by atoms with Crippen LogP contribution in [0.3, 0.4) is 0 Å². The highest BCUT2D eigenvalue weighted by atomic mass is 14.7. The molecule has 4 aromatic carbocycles.